The van der Waals surface area contributed by atoms with E-state index in [1.54, 1.807) is 6.20 Å². The number of carbonyl (C=O) groups is 1. The zero-order valence-corrected chi connectivity index (χ0v) is 12.4. The highest BCUT2D eigenvalue weighted by Crippen LogP contribution is 2.09. The lowest BCUT2D eigenvalue weighted by Gasteiger charge is -2.16. The molecule has 1 aromatic heterocycles. The van der Waals surface area contributed by atoms with Gasteiger partial charge in [0.25, 0.3) is 0 Å². The fourth-order valence-electron chi connectivity index (χ4n) is 2.02. The third-order valence-electron chi connectivity index (χ3n) is 3.22. The van der Waals surface area contributed by atoms with Crippen LogP contribution in [0.1, 0.15) is 11.4 Å². The summed E-state index contributed by atoms with van der Waals surface area (Å²) in [5, 5.41) is 2.87. The van der Waals surface area contributed by atoms with Crippen LogP contribution in [0.3, 0.4) is 0 Å². The summed E-state index contributed by atoms with van der Waals surface area (Å²) < 4.78 is 1.94. The van der Waals surface area contributed by atoms with Crippen LogP contribution in [0, 0.1) is 0 Å². The Labute approximate surface area is 124 Å². The number of hydrogen-bond acceptors (Lipinski definition) is 4. The molecule has 0 unspecified atom stereocenters. The molecule has 0 aliphatic rings. The highest BCUT2D eigenvalue weighted by molar-refractivity contribution is 5.92. The van der Waals surface area contributed by atoms with Crippen LogP contribution in [0.4, 0.5) is 5.69 Å². The van der Waals surface area contributed by atoms with E-state index in [4.69, 9.17) is 5.73 Å². The van der Waals surface area contributed by atoms with E-state index in [9.17, 15) is 4.79 Å². The first kappa shape index (κ1) is 15.2. The molecule has 6 nitrogen and oxygen atoms in total. The molecule has 0 saturated heterocycles. The van der Waals surface area contributed by atoms with Crippen molar-refractivity contribution in [3.8, 4) is 0 Å². The summed E-state index contributed by atoms with van der Waals surface area (Å²) >= 11 is 0. The van der Waals surface area contributed by atoms with Gasteiger partial charge >= 0.3 is 0 Å². The van der Waals surface area contributed by atoms with Gasteiger partial charge in [0.15, 0.2) is 0 Å². The Morgan fingerprint density at radius 2 is 2.10 bits per heavy atom. The average molecular weight is 287 g/mol. The fourth-order valence-corrected chi connectivity index (χ4v) is 2.02. The lowest BCUT2D eigenvalue weighted by atomic mass is 10.2. The van der Waals surface area contributed by atoms with Gasteiger partial charge in [-0.15, -0.1) is 0 Å². The summed E-state index contributed by atoms with van der Waals surface area (Å²) in [4.78, 5) is 18.2. The second-order valence-electron chi connectivity index (χ2n) is 5.08. The van der Waals surface area contributed by atoms with Crippen LogP contribution >= 0.6 is 0 Å². The van der Waals surface area contributed by atoms with Crippen LogP contribution in [0.5, 0.6) is 0 Å². The molecule has 0 spiro atoms. The van der Waals surface area contributed by atoms with Gasteiger partial charge in [-0.1, -0.05) is 12.1 Å². The van der Waals surface area contributed by atoms with Gasteiger partial charge in [0.1, 0.15) is 5.82 Å². The molecule has 0 bridgehead atoms. The zero-order valence-electron chi connectivity index (χ0n) is 12.4. The maximum atomic E-state index is 12.0. The molecule has 1 aromatic carbocycles. The summed E-state index contributed by atoms with van der Waals surface area (Å²) in [5.41, 5.74) is 7.36. The molecule has 0 radical (unpaired) electrons. The number of benzene rings is 1. The number of aryl methyl sites for hydroxylation is 1. The van der Waals surface area contributed by atoms with Crippen LogP contribution in [-0.4, -0.2) is 34.0 Å². The summed E-state index contributed by atoms with van der Waals surface area (Å²) in [6.45, 7) is 1.44. The van der Waals surface area contributed by atoms with Crippen molar-refractivity contribution in [1.82, 2.24) is 14.5 Å². The van der Waals surface area contributed by atoms with Crippen LogP contribution in [0.15, 0.2) is 36.7 Å². The van der Waals surface area contributed by atoms with Gasteiger partial charge in [-0.3, -0.25) is 9.69 Å². The number of carbonyl (C=O) groups excluding carboxylic acids is 1. The van der Waals surface area contributed by atoms with Crippen LogP contribution in [0.25, 0.3) is 0 Å². The van der Waals surface area contributed by atoms with Crippen molar-refractivity contribution in [3.05, 3.63) is 48.0 Å². The zero-order chi connectivity index (χ0) is 15.2. The van der Waals surface area contributed by atoms with E-state index in [0.717, 1.165) is 17.1 Å². The molecular weight excluding hydrogens is 266 g/mol. The van der Waals surface area contributed by atoms with E-state index in [2.05, 4.69) is 10.3 Å². The van der Waals surface area contributed by atoms with Crippen LogP contribution in [0.2, 0.25) is 0 Å². The molecule has 2 rings (SSSR count). The summed E-state index contributed by atoms with van der Waals surface area (Å²) in [6, 6.07) is 7.54. The molecule has 0 fully saturated rings. The number of hydrogen-bond donors (Lipinski definition) is 2. The Morgan fingerprint density at radius 1 is 1.38 bits per heavy atom. The van der Waals surface area contributed by atoms with Crippen molar-refractivity contribution < 1.29 is 4.79 Å². The average Bonchev–Trinajstić information content (AvgIpc) is 2.84. The standard InChI is InChI=1S/C15H21N5O/c1-19(10-14-17-7-8-20(14)2)11-15(21)18-13-5-3-12(9-16)4-6-13/h3-8H,9-11,16H2,1-2H3,(H,18,21). The van der Waals surface area contributed by atoms with E-state index >= 15 is 0 Å². The van der Waals surface area contributed by atoms with E-state index in [1.165, 1.54) is 0 Å². The highest BCUT2D eigenvalue weighted by atomic mass is 16.2. The maximum absolute atomic E-state index is 12.0. The number of amides is 1. The highest BCUT2D eigenvalue weighted by Gasteiger charge is 2.09. The Kier molecular flexibility index (Phi) is 5.08. The summed E-state index contributed by atoms with van der Waals surface area (Å²) in [6.07, 6.45) is 3.64. The topological polar surface area (TPSA) is 76.2 Å². The molecule has 0 aliphatic heterocycles. The molecule has 21 heavy (non-hydrogen) atoms. The van der Waals surface area contributed by atoms with E-state index < -0.39 is 0 Å². The van der Waals surface area contributed by atoms with Gasteiger partial charge < -0.3 is 15.6 Å². The van der Waals surface area contributed by atoms with Gasteiger partial charge in [-0.2, -0.15) is 0 Å². The van der Waals surface area contributed by atoms with Gasteiger partial charge in [-0.25, -0.2) is 4.98 Å². The molecule has 0 aliphatic carbocycles. The smallest absolute Gasteiger partial charge is 0.238 e. The molecule has 112 valence electrons. The molecule has 1 amide bonds. The number of rotatable bonds is 6. The van der Waals surface area contributed by atoms with Crippen molar-refractivity contribution in [2.45, 2.75) is 13.1 Å². The quantitative estimate of drug-likeness (QED) is 0.829. The van der Waals surface area contributed by atoms with Gasteiger partial charge in [0.05, 0.1) is 13.1 Å². The second kappa shape index (κ2) is 7.01. The second-order valence-corrected chi connectivity index (χ2v) is 5.08. The molecule has 0 saturated carbocycles. The number of nitrogens with zero attached hydrogens (tertiary/aromatic N) is 3. The minimum Gasteiger partial charge on any atom is -0.337 e. The van der Waals surface area contributed by atoms with Crippen molar-refractivity contribution in [2.75, 3.05) is 18.9 Å². The molecule has 3 N–H and O–H groups in total. The van der Waals surface area contributed by atoms with Crippen molar-refractivity contribution in [1.29, 1.82) is 0 Å². The predicted molar refractivity (Wildman–Crippen MR) is 82.5 cm³/mol. The number of nitrogens with one attached hydrogen (secondary N) is 1. The summed E-state index contributed by atoms with van der Waals surface area (Å²) in [7, 11) is 3.83. The lowest BCUT2D eigenvalue weighted by molar-refractivity contribution is -0.117. The summed E-state index contributed by atoms with van der Waals surface area (Å²) in [5.74, 6) is 0.879. The SMILES string of the molecule is CN(CC(=O)Nc1ccc(CN)cc1)Cc1nccn1C. The first-order valence-electron chi connectivity index (χ1n) is 6.82. The minimum atomic E-state index is -0.0489. The Morgan fingerprint density at radius 3 is 2.67 bits per heavy atom. The third kappa shape index (κ3) is 4.40. The fraction of sp³-hybridized carbons (Fsp3) is 0.333. The Balaban J connectivity index is 1.84. The Hall–Kier alpha value is -2.18. The van der Waals surface area contributed by atoms with E-state index in [-0.39, 0.29) is 5.91 Å². The largest absolute Gasteiger partial charge is 0.337 e. The molecule has 0 atom stereocenters. The van der Waals surface area contributed by atoms with Gasteiger partial charge in [-0.05, 0) is 24.7 Å². The van der Waals surface area contributed by atoms with Crippen molar-refractivity contribution >= 4 is 11.6 Å². The van der Waals surface area contributed by atoms with Crippen molar-refractivity contribution in [3.63, 3.8) is 0 Å². The van der Waals surface area contributed by atoms with E-state index in [1.807, 2.05) is 54.0 Å². The van der Waals surface area contributed by atoms with E-state index in [0.29, 0.717) is 19.6 Å². The number of anilines is 1. The first-order valence-corrected chi connectivity index (χ1v) is 6.82. The Bertz CT molecular complexity index is 590. The maximum Gasteiger partial charge on any atom is 0.238 e. The van der Waals surface area contributed by atoms with Gasteiger partial charge in [0, 0.05) is 31.7 Å². The number of aromatic nitrogens is 2. The van der Waals surface area contributed by atoms with Gasteiger partial charge in [0.2, 0.25) is 5.91 Å². The minimum absolute atomic E-state index is 0.0489. The molecule has 1 heterocycles. The predicted octanol–water partition coefficient (Wildman–Crippen LogP) is 0.949. The number of likely N-dealkylation sites (N-methyl/N-ethyl adjacent to an activating group) is 1. The normalized spacial score (nSPS) is 10.9. The molecular formula is C15H21N5O. The molecule has 6 heteroatoms. The van der Waals surface area contributed by atoms with Crippen LogP contribution < -0.4 is 11.1 Å². The number of imidazole rings is 1. The monoisotopic (exact) mass is 287 g/mol. The number of nitrogens with two attached hydrogens (primary N) is 1. The lowest BCUT2D eigenvalue weighted by Crippen LogP contribution is -2.30. The third-order valence-corrected chi connectivity index (χ3v) is 3.22. The van der Waals surface area contributed by atoms with Crippen LogP contribution in [-0.2, 0) is 24.9 Å². The van der Waals surface area contributed by atoms with Crippen molar-refractivity contribution in [2.24, 2.45) is 12.8 Å². The molecule has 2 aromatic rings. The first-order chi connectivity index (χ1) is 10.1.